The Morgan fingerprint density at radius 1 is 1.47 bits per heavy atom. The minimum Gasteiger partial charge on any atom is -0.351 e. The van der Waals surface area contributed by atoms with Crippen molar-refractivity contribution in [1.29, 1.82) is 5.26 Å². The van der Waals surface area contributed by atoms with Gasteiger partial charge in [0.1, 0.15) is 11.8 Å². The number of nitrogens with one attached hydrogen (secondary N) is 1. The van der Waals surface area contributed by atoms with E-state index in [1.807, 2.05) is 6.07 Å². The molecule has 0 saturated heterocycles. The van der Waals surface area contributed by atoms with E-state index in [2.05, 4.69) is 10.5 Å². The first kappa shape index (κ1) is 11.0. The summed E-state index contributed by atoms with van der Waals surface area (Å²) in [7, 11) is 0. The van der Waals surface area contributed by atoms with Crippen LogP contribution in [0.25, 0.3) is 10.9 Å². The van der Waals surface area contributed by atoms with Crippen molar-refractivity contribution in [2.24, 2.45) is 10.8 Å². The van der Waals surface area contributed by atoms with Gasteiger partial charge in [-0.1, -0.05) is 6.07 Å². The van der Waals surface area contributed by atoms with Crippen LogP contribution in [0.2, 0.25) is 0 Å². The van der Waals surface area contributed by atoms with Crippen LogP contribution in [0.1, 0.15) is 21.6 Å². The predicted molar refractivity (Wildman–Crippen MR) is 66.7 cm³/mol. The van der Waals surface area contributed by atoms with Gasteiger partial charge in [-0.15, -0.1) is 0 Å². The van der Waals surface area contributed by atoms with Crippen molar-refractivity contribution in [1.82, 2.24) is 9.99 Å². The van der Waals surface area contributed by atoms with Crippen LogP contribution in [0.4, 0.5) is 4.79 Å². The zero-order chi connectivity index (χ0) is 13.6. The first-order chi connectivity index (χ1) is 9.15. The van der Waals surface area contributed by atoms with Gasteiger partial charge in [0.05, 0.1) is 17.3 Å². The van der Waals surface area contributed by atoms with Crippen molar-refractivity contribution in [2.75, 3.05) is 0 Å². The molecule has 2 heterocycles. The first-order valence-corrected chi connectivity index (χ1v) is 5.36. The fourth-order valence-electron chi connectivity index (χ4n) is 2.24. The summed E-state index contributed by atoms with van der Waals surface area (Å²) in [5.74, 6) is -0.397. The zero-order valence-corrected chi connectivity index (χ0v) is 9.54. The molecule has 0 saturated carbocycles. The molecule has 0 spiro atoms. The number of primary amides is 1. The molecule has 1 aliphatic rings. The number of carbonyl (C=O) groups is 2. The number of nitriles is 1. The SMILES string of the molecule is N#Cc1c2c3c(cccc3n1C(N)=O)C(=O)NN=C2. The Bertz CT molecular complexity index is 810. The third-order valence-electron chi connectivity index (χ3n) is 2.96. The van der Waals surface area contributed by atoms with E-state index >= 15 is 0 Å². The monoisotopic (exact) mass is 253 g/mol. The van der Waals surface area contributed by atoms with Gasteiger partial charge in [-0.3, -0.25) is 9.36 Å². The van der Waals surface area contributed by atoms with Gasteiger partial charge in [-0.2, -0.15) is 10.4 Å². The van der Waals surface area contributed by atoms with Crippen LogP contribution in [0.15, 0.2) is 23.3 Å². The van der Waals surface area contributed by atoms with Gasteiger partial charge in [0, 0.05) is 10.9 Å². The molecule has 0 unspecified atom stereocenters. The highest BCUT2D eigenvalue weighted by molar-refractivity contribution is 6.17. The molecule has 2 amide bonds. The minimum atomic E-state index is -0.778. The van der Waals surface area contributed by atoms with E-state index in [1.54, 1.807) is 18.2 Å². The number of nitrogens with two attached hydrogens (primary N) is 1. The third-order valence-corrected chi connectivity index (χ3v) is 2.96. The standard InChI is InChI=1S/C12H7N5O2/c13-4-9-7-5-15-16-11(18)6-2-1-3-8(10(6)7)17(9)12(14)19/h1-3,5H,(H2,14,19)(H,16,18). The Hall–Kier alpha value is -3.14. The fraction of sp³-hybridized carbons (Fsp3) is 0. The van der Waals surface area contributed by atoms with E-state index in [1.165, 1.54) is 6.21 Å². The molecule has 0 radical (unpaired) electrons. The molecule has 1 aromatic carbocycles. The molecule has 19 heavy (non-hydrogen) atoms. The average Bonchev–Trinajstić information content (AvgIpc) is 2.62. The Morgan fingerprint density at radius 2 is 2.26 bits per heavy atom. The van der Waals surface area contributed by atoms with Gasteiger partial charge in [-0.25, -0.2) is 10.2 Å². The Labute approximate surface area is 106 Å². The molecule has 1 aromatic heterocycles. The molecule has 92 valence electrons. The number of nitrogens with zero attached hydrogens (tertiary/aromatic N) is 3. The number of amides is 2. The zero-order valence-electron chi connectivity index (χ0n) is 9.54. The lowest BCUT2D eigenvalue weighted by Crippen LogP contribution is -2.21. The lowest BCUT2D eigenvalue weighted by atomic mass is 10.1. The molecular weight excluding hydrogens is 246 g/mol. The summed E-state index contributed by atoms with van der Waals surface area (Å²) in [6.07, 6.45) is 1.34. The number of rotatable bonds is 0. The summed E-state index contributed by atoms with van der Waals surface area (Å²) in [5.41, 5.74) is 8.87. The maximum Gasteiger partial charge on any atom is 0.324 e. The number of hydrogen-bond donors (Lipinski definition) is 2. The van der Waals surface area contributed by atoms with Crippen LogP contribution < -0.4 is 11.2 Å². The van der Waals surface area contributed by atoms with E-state index in [9.17, 15) is 14.9 Å². The summed E-state index contributed by atoms with van der Waals surface area (Å²) < 4.78 is 1.08. The van der Waals surface area contributed by atoms with Crippen molar-refractivity contribution in [3.63, 3.8) is 0 Å². The Morgan fingerprint density at radius 3 is 2.95 bits per heavy atom. The summed E-state index contributed by atoms with van der Waals surface area (Å²) in [5, 5.41) is 13.4. The highest BCUT2D eigenvalue weighted by atomic mass is 16.2. The quantitative estimate of drug-likeness (QED) is 0.713. The second-order valence-corrected chi connectivity index (χ2v) is 3.95. The Kier molecular flexibility index (Phi) is 2.13. The molecular formula is C12H7N5O2. The summed E-state index contributed by atoms with van der Waals surface area (Å²) >= 11 is 0. The normalized spacial score (nSPS) is 12.9. The van der Waals surface area contributed by atoms with Gasteiger partial charge in [0.25, 0.3) is 5.91 Å². The van der Waals surface area contributed by atoms with Crippen LogP contribution in [-0.2, 0) is 0 Å². The van der Waals surface area contributed by atoms with E-state index in [0.717, 1.165) is 4.57 Å². The number of carbonyl (C=O) groups excluding carboxylic acids is 2. The van der Waals surface area contributed by atoms with E-state index in [0.29, 0.717) is 22.0 Å². The van der Waals surface area contributed by atoms with E-state index in [-0.39, 0.29) is 5.69 Å². The molecule has 3 N–H and O–H groups in total. The van der Waals surface area contributed by atoms with E-state index in [4.69, 9.17) is 5.73 Å². The summed E-state index contributed by atoms with van der Waals surface area (Å²) in [6.45, 7) is 0. The molecule has 0 fully saturated rings. The topological polar surface area (TPSA) is 113 Å². The lowest BCUT2D eigenvalue weighted by molar-refractivity contribution is 0.0957. The largest absolute Gasteiger partial charge is 0.351 e. The van der Waals surface area contributed by atoms with Crippen LogP contribution >= 0.6 is 0 Å². The first-order valence-electron chi connectivity index (χ1n) is 5.36. The van der Waals surface area contributed by atoms with E-state index < -0.39 is 11.9 Å². The van der Waals surface area contributed by atoms with Gasteiger partial charge in [0.2, 0.25) is 0 Å². The van der Waals surface area contributed by atoms with Crippen molar-refractivity contribution in [2.45, 2.75) is 0 Å². The number of hydrogen-bond acceptors (Lipinski definition) is 4. The molecule has 0 atom stereocenters. The van der Waals surface area contributed by atoms with Crippen molar-refractivity contribution < 1.29 is 9.59 Å². The molecule has 0 bridgehead atoms. The second kappa shape index (κ2) is 3.68. The third kappa shape index (κ3) is 1.34. The molecule has 0 aliphatic carbocycles. The Balaban J connectivity index is 2.60. The van der Waals surface area contributed by atoms with Crippen LogP contribution in [0.3, 0.4) is 0 Å². The smallest absolute Gasteiger partial charge is 0.324 e. The summed E-state index contributed by atoms with van der Waals surface area (Å²) in [4.78, 5) is 23.3. The van der Waals surface area contributed by atoms with Gasteiger partial charge >= 0.3 is 6.03 Å². The van der Waals surface area contributed by atoms with Crippen LogP contribution in [-0.4, -0.2) is 22.7 Å². The maximum atomic E-state index is 11.8. The van der Waals surface area contributed by atoms with Gasteiger partial charge < -0.3 is 5.73 Å². The molecule has 7 nitrogen and oxygen atoms in total. The average molecular weight is 253 g/mol. The van der Waals surface area contributed by atoms with Crippen LogP contribution in [0, 0.1) is 11.3 Å². The predicted octanol–water partition coefficient (Wildman–Crippen LogP) is 0.517. The maximum absolute atomic E-state index is 11.8. The highest BCUT2D eigenvalue weighted by Crippen LogP contribution is 2.28. The fourth-order valence-corrected chi connectivity index (χ4v) is 2.24. The number of benzene rings is 1. The summed E-state index contributed by atoms with van der Waals surface area (Å²) in [6, 6.07) is 5.99. The molecule has 2 aromatic rings. The minimum absolute atomic E-state index is 0.0650. The van der Waals surface area contributed by atoms with Gasteiger partial charge in [0.15, 0.2) is 0 Å². The molecule has 3 rings (SSSR count). The molecule has 1 aliphatic heterocycles. The van der Waals surface area contributed by atoms with Gasteiger partial charge in [-0.05, 0) is 12.1 Å². The van der Waals surface area contributed by atoms with Crippen LogP contribution in [0.5, 0.6) is 0 Å². The van der Waals surface area contributed by atoms with Crippen molar-refractivity contribution >= 4 is 29.1 Å². The molecule has 7 heteroatoms. The van der Waals surface area contributed by atoms with Crippen molar-refractivity contribution in [3.05, 3.63) is 35.0 Å². The number of aromatic nitrogens is 1. The second-order valence-electron chi connectivity index (χ2n) is 3.95. The number of hydrazone groups is 1. The highest BCUT2D eigenvalue weighted by Gasteiger charge is 2.24. The lowest BCUT2D eigenvalue weighted by Gasteiger charge is -2.02. The van der Waals surface area contributed by atoms with Crippen molar-refractivity contribution in [3.8, 4) is 6.07 Å².